The van der Waals surface area contributed by atoms with E-state index in [4.69, 9.17) is 4.42 Å². The van der Waals surface area contributed by atoms with Crippen LogP contribution in [0.25, 0.3) is 11.0 Å². The fourth-order valence-electron chi connectivity index (χ4n) is 4.74. The second-order valence-electron chi connectivity index (χ2n) is 8.53. The van der Waals surface area contributed by atoms with Crippen molar-refractivity contribution < 1.29 is 19.2 Å². The van der Waals surface area contributed by atoms with Crippen LogP contribution in [0.1, 0.15) is 67.1 Å². The van der Waals surface area contributed by atoms with Gasteiger partial charge in [-0.15, -0.1) is 0 Å². The molecule has 0 radical (unpaired) electrons. The van der Waals surface area contributed by atoms with Gasteiger partial charge in [-0.2, -0.15) is 0 Å². The molecule has 4 rings (SSSR count). The Morgan fingerprint density at radius 2 is 1.93 bits per heavy atom. The third-order valence-corrected chi connectivity index (χ3v) is 6.44. The lowest BCUT2D eigenvalue weighted by Gasteiger charge is -2.27. The molecular weight excluding hydrogens is 340 g/mol. The maximum Gasteiger partial charge on any atom is 0.255 e. The van der Waals surface area contributed by atoms with Gasteiger partial charge in [0, 0.05) is 11.4 Å². The number of phenolic OH excluding ortho intramolecular Hbond substituents is 1. The molecule has 1 amide bonds. The topological polar surface area (TPSA) is 66.9 Å². The summed E-state index contributed by atoms with van der Waals surface area (Å²) < 4.78 is 5.91. The van der Waals surface area contributed by atoms with Crippen molar-refractivity contribution in [1.82, 2.24) is 5.32 Å². The van der Waals surface area contributed by atoms with Gasteiger partial charge in [0.05, 0.1) is 24.2 Å². The predicted molar refractivity (Wildman–Crippen MR) is 105 cm³/mol. The number of hydrogen-bond acceptors (Lipinski definition) is 3. The molecule has 0 atom stereocenters. The minimum Gasteiger partial charge on any atom is -0.507 e. The van der Waals surface area contributed by atoms with Crippen molar-refractivity contribution in [2.24, 2.45) is 5.92 Å². The summed E-state index contributed by atoms with van der Waals surface area (Å²) in [6, 6.07) is 3.74. The van der Waals surface area contributed by atoms with Gasteiger partial charge < -0.3 is 19.7 Å². The number of piperidine rings is 1. The van der Waals surface area contributed by atoms with Gasteiger partial charge >= 0.3 is 0 Å². The molecule has 1 aliphatic carbocycles. The Labute approximate surface area is 160 Å². The van der Waals surface area contributed by atoms with Crippen LogP contribution in [0.4, 0.5) is 0 Å². The first-order valence-electron chi connectivity index (χ1n) is 10.4. The average molecular weight is 372 g/mol. The summed E-state index contributed by atoms with van der Waals surface area (Å²) in [6.45, 7) is 7.10. The maximum atomic E-state index is 13.0. The number of aromatic hydroxyl groups is 1. The van der Waals surface area contributed by atoms with Gasteiger partial charge in [-0.3, -0.25) is 4.79 Å². The molecule has 146 valence electrons. The second kappa shape index (κ2) is 7.55. The number of aryl methyl sites for hydroxylation is 1. The summed E-state index contributed by atoms with van der Waals surface area (Å²) in [7, 11) is 0. The normalized spacial score (nSPS) is 23.8. The molecule has 0 bridgehead atoms. The molecule has 5 heteroatoms. The van der Waals surface area contributed by atoms with E-state index in [1.165, 1.54) is 30.6 Å². The Morgan fingerprint density at radius 1 is 1.22 bits per heavy atom. The van der Waals surface area contributed by atoms with E-state index in [9.17, 15) is 9.90 Å². The SMILES string of the molecule is Cc1oc2ccc(O)c(C[NH+]3CCC(C)CC3)c2c1C(=O)NC1CCCC1. The zero-order valence-electron chi connectivity index (χ0n) is 16.4. The number of hydrogen-bond donors (Lipinski definition) is 3. The highest BCUT2D eigenvalue weighted by atomic mass is 16.3. The van der Waals surface area contributed by atoms with Crippen LogP contribution in [0.5, 0.6) is 5.75 Å². The smallest absolute Gasteiger partial charge is 0.255 e. The van der Waals surface area contributed by atoms with Crippen molar-refractivity contribution in [2.45, 2.75) is 65.0 Å². The van der Waals surface area contributed by atoms with E-state index < -0.39 is 0 Å². The van der Waals surface area contributed by atoms with Crippen LogP contribution in [0.2, 0.25) is 0 Å². The molecule has 2 fully saturated rings. The molecule has 1 aliphatic heterocycles. The van der Waals surface area contributed by atoms with Gasteiger partial charge in [-0.25, -0.2) is 0 Å². The number of phenols is 1. The summed E-state index contributed by atoms with van der Waals surface area (Å²) >= 11 is 0. The Bertz CT molecular complexity index is 828. The monoisotopic (exact) mass is 371 g/mol. The first kappa shape index (κ1) is 18.4. The summed E-state index contributed by atoms with van der Waals surface area (Å²) in [5, 5.41) is 14.6. The number of furan rings is 1. The molecule has 27 heavy (non-hydrogen) atoms. The van der Waals surface area contributed by atoms with E-state index in [0.717, 1.165) is 49.3 Å². The lowest BCUT2D eigenvalue weighted by Crippen LogP contribution is -3.11. The van der Waals surface area contributed by atoms with Gasteiger partial charge in [0.1, 0.15) is 23.6 Å². The number of rotatable bonds is 4. The zero-order chi connectivity index (χ0) is 19.0. The van der Waals surface area contributed by atoms with Crippen molar-refractivity contribution in [1.29, 1.82) is 0 Å². The molecule has 2 aromatic rings. The lowest BCUT2D eigenvalue weighted by atomic mass is 9.97. The second-order valence-corrected chi connectivity index (χ2v) is 8.53. The number of benzene rings is 1. The molecule has 1 aromatic carbocycles. The Kier molecular flexibility index (Phi) is 5.13. The van der Waals surface area contributed by atoms with Crippen molar-refractivity contribution in [2.75, 3.05) is 13.1 Å². The molecule has 1 saturated carbocycles. The number of carbonyl (C=O) groups is 1. The predicted octanol–water partition coefficient (Wildman–Crippen LogP) is 2.93. The molecule has 2 heterocycles. The number of fused-ring (bicyclic) bond motifs is 1. The molecular formula is C22H31N2O3+. The van der Waals surface area contributed by atoms with Gasteiger partial charge in [0.15, 0.2) is 0 Å². The molecule has 0 spiro atoms. The van der Waals surface area contributed by atoms with Gasteiger partial charge in [-0.1, -0.05) is 19.8 Å². The fraction of sp³-hybridized carbons (Fsp3) is 0.591. The van der Waals surface area contributed by atoms with Crippen LogP contribution in [0, 0.1) is 12.8 Å². The van der Waals surface area contributed by atoms with Crippen LogP contribution in [-0.4, -0.2) is 30.1 Å². The maximum absolute atomic E-state index is 13.0. The molecule has 1 saturated heterocycles. The van der Waals surface area contributed by atoms with Gasteiger partial charge in [0.2, 0.25) is 0 Å². The quantitative estimate of drug-likeness (QED) is 0.774. The van der Waals surface area contributed by atoms with Crippen LogP contribution in [-0.2, 0) is 6.54 Å². The molecule has 1 aromatic heterocycles. The molecule has 0 unspecified atom stereocenters. The third kappa shape index (κ3) is 3.70. The minimum absolute atomic E-state index is 0.0627. The standard InChI is InChI=1S/C22H30N2O3/c1-14-9-11-24(12-10-14)13-17-18(25)7-8-19-21(17)20(15(2)27-19)22(26)23-16-5-3-4-6-16/h7-8,14,16,25H,3-6,9-13H2,1-2H3,(H,23,26)/p+1. The highest BCUT2D eigenvalue weighted by Crippen LogP contribution is 2.34. The van der Waals surface area contributed by atoms with Crippen molar-refractivity contribution in [3.8, 4) is 5.75 Å². The van der Waals surface area contributed by atoms with Crippen molar-refractivity contribution >= 4 is 16.9 Å². The molecule has 3 N–H and O–H groups in total. The fourth-order valence-corrected chi connectivity index (χ4v) is 4.74. The van der Waals surface area contributed by atoms with E-state index in [1.54, 1.807) is 12.1 Å². The lowest BCUT2D eigenvalue weighted by molar-refractivity contribution is -0.919. The summed E-state index contributed by atoms with van der Waals surface area (Å²) in [6.07, 6.45) is 6.89. The zero-order valence-corrected chi connectivity index (χ0v) is 16.4. The Balaban J connectivity index is 1.67. The first-order chi connectivity index (χ1) is 13.0. The molecule has 2 aliphatic rings. The van der Waals surface area contributed by atoms with Crippen LogP contribution in [0.15, 0.2) is 16.5 Å². The van der Waals surface area contributed by atoms with Crippen LogP contribution >= 0.6 is 0 Å². The van der Waals surface area contributed by atoms with Gasteiger partial charge in [-0.05, 0) is 50.7 Å². The number of amides is 1. The highest BCUT2D eigenvalue weighted by molar-refractivity contribution is 6.09. The summed E-state index contributed by atoms with van der Waals surface area (Å²) in [5.74, 6) is 1.62. The van der Waals surface area contributed by atoms with E-state index in [0.29, 0.717) is 16.9 Å². The third-order valence-electron chi connectivity index (χ3n) is 6.44. The number of carbonyl (C=O) groups excluding carboxylic acids is 1. The number of likely N-dealkylation sites (tertiary alicyclic amines) is 1. The van der Waals surface area contributed by atoms with Crippen molar-refractivity contribution in [3.05, 3.63) is 29.0 Å². The Hall–Kier alpha value is -2.01. The number of quaternary nitrogens is 1. The Morgan fingerprint density at radius 3 is 2.63 bits per heavy atom. The van der Waals surface area contributed by atoms with Gasteiger partial charge in [0.25, 0.3) is 5.91 Å². The minimum atomic E-state index is -0.0627. The van der Waals surface area contributed by atoms with E-state index in [-0.39, 0.29) is 17.7 Å². The number of nitrogens with one attached hydrogen (secondary N) is 2. The van der Waals surface area contributed by atoms with E-state index in [1.807, 2.05) is 6.92 Å². The average Bonchev–Trinajstić information content (AvgIpc) is 3.26. The van der Waals surface area contributed by atoms with Crippen molar-refractivity contribution in [3.63, 3.8) is 0 Å². The van der Waals surface area contributed by atoms with Crippen LogP contribution < -0.4 is 10.2 Å². The highest BCUT2D eigenvalue weighted by Gasteiger charge is 2.28. The summed E-state index contributed by atoms with van der Waals surface area (Å²) in [4.78, 5) is 14.5. The van der Waals surface area contributed by atoms with Crippen LogP contribution in [0.3, 0.4) is 0 Å². The largest absolute Gasteiger partial charge is 0.507 e. The van der Waals surface area contributed by atoms with E-state index >= 15 is 0 Å². The van der Waals surface area contributed by atoms with E-state index in [2.05, 4.69) is 12.2 Å². The molecule has 5 nitrogen and oxygen atoms in total. The summed E-state index contributed by atoms with van der Waals surface area (Å²) in [5.41, 5.74) is 2.15. The first-order valence-corrected chi connectivity index (χ1v) is 10.4.